The Labute approximate surface area is 169 Å². The Morgan fingerprint density at radius 2 is 1.93 bits per heavy atom. The van der Waals surface area contributed by atoms with Crippen molar-refractivity contribution < 1.29 is 9.26 Å². The standard InChI is InChI=1S/C21H26N6O2/c1-15-24-20(25-29-15)13-26-8-10-27(11-9-26)16-6-7-19-18(12-16)21(23-14-22-19)28-17-4-2-3-5-17/h6-7,12,14,17H,2-5,8-11,13H2,1H3. The zero-order chi connectivity index (χ0) is 19.6. The zero-order valence-corrected chi connectivity index (χ0v) is 16.8. The van der Waals surface area contributed by atoms with Crippen molar-refractivity contribution in [1.29, 1.82) is 0 Å². The average Bonchev–Trinajstić information content (AvgIpc) is 3.40. The first-order chi connectivity index (χ1) is 14.2. The molecule has 1 aliphatic carbocycles. The molecule has 8 nitrogen and oxygen atoms in total. The molecule has 0 radical (unpaired) electrons. The van der Waals surface area contributed by atoms with Gasteiger partial charge in [0.15, 0.2) is 5.82 Å². The van der Waals surface area contributed by atoms with Crippen molar-refractivity contribution in [3.8, 4) is 5.88 Å². The Kier molecular flexibility index (Phi) is 5.01. The maximum absolute atomic E-state index is 6.22. The highest BCUT2D eigenvalue weighted by Crippen LogP contribution is 2.30. The van der Waals surface area contributed by atoms with Crippen LogP contribution in [0.15, 0.2) is 29.0 Å². The highest BCUT2D eigenvalue weighted by atomic mass is 16.5. The van der Waals surface area contributed by atoms with Crippen LogP contribution in [0.1, 0.15) is 37.4 Å². The molecule has 1 aromatic carbocycles. The largest absolute Gasteiger partial charge is 0.474 e. The molecule has 0 unspecified atom stereocenters. The number of hydrogen-bond donors (Lipinski definition) is 0. The van der Waals surface area contributed by atoms with Gasteiger partial charge in [0.2, 0.25) is 11.8 Å². The van der Waals surface area contributed by atoms with Crippen LogP contribution in [0.4, 0.5) is 5.69 Å². The summed E-state index contributed by atoms with van der Waals surface area (Å²) in [4.78, 5) is 17.9. The third kappa shape index (κ3) is 4.03. The van der Waals surface area contributed by atoms with Crippen molar-refractivity contribution in [2.75, 3.05) is 31.1 Å². The number of benzene rings is 1. The summed E-state index contributed by atoms with van der Waals surface area (Å²) < 4.78 is 11.3. The number of piperazine rings is 1. The molecule has 0 atom stereocenters. The molecule has 152 valence electrons. The molecular formula is C21H26N6O2. The van der Waals surface area contributed by atoms with Gasteiger partial charge in [-0.25, -0.2) is 9.97 Å². The Morgan fingerprint density at radius 1 is 1.10 bits per heavy atom. The van der Waals surface area contributed by atoms with Gasteiger partial charge in [0.05, 0.1) is 17.4 Å². The Hall–Kier alpha value is -2.74. The first-order valence-corrected chi connectivity index (χ1v) is 10.4. The van der Waals surface area contributed by atoms with Gasteiger partial charge >= 0.3 is 0 Å². The molecular weight excluding hydrogens is 368 g/mol. The summed E-state index contributed by atoms with van der Waals surface area (Å²) in [5.41, 5.74) is 2.13. The quantitative estimate of drug-likeness (QED) is 0.653. The number of fused-ring (bicyclic) bond motifs is 1. The van der Waals surface area contributed by atoms with Gasteiger partial charge in [0, 0.05) is 38.8 Å². The van der Waals surface area contributed by atoms with E-state index in [4.69, 9.17) is 9.26 Å². The van der Waals surface area contributed by atoms with E-state index in [1.807, 2.05) is 6.92 Å². The monoisotopic (exact) mass is 394 g/mol. The van der Waals surface area contributed by atoms with Crippen LogP contribution in [0.25, 0.3) is 10.9 Å². The molecule has 2 aliphatic rings. The van der Waals surface area contributed by atoms with Crippen LogP contribution in [0, 0.1) is 6.92 Å². The van der Waals surface area contributed by atoms with E-state index in [1.165, 1.54) is 18.5 Å². The van der Waals surface area contributed by atoms with Crippen LogP contribution in [0.5, 0.6) is 5.88 Å². The summed E-state index contributed by atoms with van der Waals surface area (Å²) in [5.74, 6) is 2.09. The van der Waals surface area contributed by atoms with Gasteiger partial charge in [0.25, 0.3) is 0 Å². The second-order valence-electron chi connectivity index (χ2n) is 7.90. The maximum atomic E-state index is 6.22. The predicted molar refractivity (Wildman–Crippen MR) is 109 cm³/mol. The fraction of sp³-hybridized carbons (Fsp3) is 0.524. The van der Waals surface area contributed by atoms with E-state index in [0.717, 1.165) is 68.2 Å². The molecule has 8 heteroatoms. The van der Waals surface area contributed by atoms with Crippen LogP contribution in [-0.4, -0.2) is 57.3 Å². The lowest BCUT2D eigenvalue weighted by Gasteiger charge is -2.35. The van der Waals surface area contributed by atoms with Crippen molar-refractivity contribution in [3.05, 3.63) is 36.2 Å². The smallest absolute Gasteiger partial charge is 0.224 e. The lowest BCUT2D eigenvalue weighted by Crippen LogP contribution is -2.46. The van der Waals surface area contributed by atoms with E-state index in [2.05, 4.69) is 48.1 Å². The third-order valence-electron chi connectivity index (χ3n) is 5.83. The third-order valence-corrected chi connectivity index (χ3v) is 5.83. The van der Waals surface area contributed by atoms with Crippen molar-refractivity contribution in [3.63, 3.8) is 0 Å². The summed E-state index contributed by atoms with van der Waals surface area (Å²) in [6.45, 7) is 6.38. The second-order valence-corrected chi connectivity index (χ2v) is 7.90. The Bertz CT molecular complexity index is 976. The molecule has 2 fully saturated rings. The molecule has 3 heterocycles. The summed E-state index contributed by atoms with van der Waals surface area (Å²) in [7, 11) is 0. The van der Waals surface area contributed by atoms with Crippen molar-refractivity contribution in [1.82, 2.24) is 25.0 Å². The normalized spacial score (nSPS) is 18.6. The Morgan fingerprint density at radius 3 is 2.69 bits per heavy atom. The highest BCUT2D eigenvalue weighted by Gasteiger charge is 2.21. The van der Waals surface area contributed by atoms with E-state index in [9.17, 15) is 0 Å². The van der Waals surface area contributed by atoms with Gasteiger partial charge in [-0.05, 0) is 43.9 Å². The number of anilines is 1. The maximum Gasteiger partial charge on any atom is 0.224 e. The van der Waals surface area contributed by atoms with Crippen LogP contribution in [0.2, 0.25) is 0 Å². The minimum absolute atomic E-state index is 0.286. The summed E-state index contributed by atoms with van der Waals surface area (Å²) in [6.07, 6.45) is 6.61. The number of aryl methyl sites for hydroxylation is 1. The SMILES string of the molecule is Cc1nc(CN2CCN(c3ccc4ncnc(OC5CCCC5)c4c3)CC2)no1. The number of nitrogens with zero attached hydrogens (tertiary/aromatic N) is 6. The molecule has 2 aromatic heterocycles. The van der Waals surface area contributed by atoms with Gasteiger partial charge in [-0.1, -0.05) is 5.16 Å². The van der Waals surface area contributed by atoms with Crippen LogP contribution >= 0.6 is 0 Å². The minimum Gasteiger partial charge on any atom is -0.474 e. The van der Waals surface area contributed by atoms with Gasteiger partial charge < -0.3 is 14.2 Å². The predicted octanol–water partition coefficient (Wildman–Crippen LogP) is 2.96. The first-order valence-electron chi connectivity index (χ1n) is 10.4. The van der Waals surface area contributed by atoms with E-state index in [1.54, 1.807) is 6.33 Å². The zero-order valence-electron chi connectivity index (χ0n) is 16.8. The van der Waals surface area contributed by atoms with E-state index < -0.39 is 0 Å². The fourth-order valence-corrected chi connectivity index (χ4v) is 4.25. The Balaban J connectivity index is 1.29. The van der Waals surface area contributed by atoms with E-state index in [-0.39, 0.29) is 6.10 Å². The average molecular weight is 394 g/mol. The molecule has 0 amide bonds. The van der Waals surface area contributed by atoms with Crippen LogP contribution in [-0.2, 0) is 6.54 Å². The lowest BCUT2D eigenvalue weighted by atomic mass is 10.2. The van der Waals surface area contributed by atoms with Crippen molar-refractivity contribution >= 4 is 16.6 Å². The van der Waals surface area contributed by atoms with E-state index >= 15 is 0 Å². The molecule has 1 saturated carbocycles. The molecule has 5 rings (SSSR count). The molecule has 29 heavy (non-hydrogen) atoms. The van der Waals surface area contributed by atoms with Crippen LogP contribution in [0.3, 0.4) is 0 Å². The minimum atomic E-state index is 0.286. The summed E-state index contributed by atoms with van der Waals surface area (Å²) in [5, 5.41) is 5.01. The molecule has 1 aliphatic heterocycles. The van der Waals surface area contributed by atoms with Crippen molar-refractivity contribution in [2.24, 2.45) is 0 Å². The van der Waals surface area contributed by atoms with Gasteiger partial charge in [-0.15, -0.1) is 0 Å². The number of aromatic nitrogens is 4. The second kappa shape index (κ2) is 7.94. The number of hydrogen-bond acceptors (Lipinski definition) is 8. The van der Waals surface area contributed by atoms with Gasteiger partial charge in [-0.2, -0.15) is 4.98 Å². The van der Waals surface area contributed by atoms with Gasteiger partial charge in [0.1, 0.15) is 12.4 Å². The first kappa shape index (κ1) is 18.3. The van der Waals surface area contributed by atoms with Crippen LogP contribution < -0.4 is 9.64 Å². The highest BCUT2D eigenvalue weighted by molar-refractivity contribution is 5.86. The van der Waals surface area contributed by atoms with Gasteiger partial charge in [-0.3, -0.25) is 4.90 Å². The summed E-state index contributed by atoms with van der Waals surface area (Å²) in [6, 6.07) is 6.40. The van der Waals surface area contributed by atoms with Crippen molar-refractivity contribution in [2.45, 2.75) is 45.3 Å². The number of rotatable bonds is 5. The molecule has 3 aromatic rings. The van der Waals surface area contributed by atoms with E-state index in [0.29, 0.717) is 5.89 Å². The summed E-state index contributed by atoms with van der Waals surface area (Å²) >= 11 is 0. The molecule has 0 spiro atoms. The fourth-order valence-electron chi connectivity index (χ4n) is 4.25. The molecule has 0 N–H and O–H groups in total. The molecule has 1 saturated heterocycles. The number of ether oxygens (including phenoxy) is 1. The molecule has 0 bridgehead atoms. The topological polar surface area (TPSA) is 80.4 Å². The lowest BCUT2D eigenvalue weighted by molar-refractivity contribution is 0.204.